The summed E-state index contributed by atoms with van der Waals surface area (Å²) in [5.41, 5.74) is 2.40. The van der Waals surface area contributed by atoms with Crippen LogP contribution in [0.15, 0.2) is 29.3 Å². The van der Waals surface area contributed by atoms with Gasteiger partial charge in [0.25, 0.3) is 0 Å². The van der Waals surface area contributed by atoms with Crippen LogP contribution in [0.25, 0.3) is 0 Å². The van der Waals surface area contributed by atoms with E-state index in [0.717, 1.165) is 30.8 Å². The summed E-state index contributed by atoms with van der Waals surface area (Å²) in [6.45, 7) is 0.719. The molecular weight excluding hydrogens is 224 g/mol. The topological polar surface area (TPSA) is 32.7 Å². The van der Waals surface area contributed by atoms with E-state index in [1.54, 1.807) is 0 Å². The van der Waals surface area contributed by atoms with Crippen LogP contribution in [0.2, 0.25) is 0 Å². The molecule has 0 N–H and O–H groups in total. The van der Waals surface area contributed by atoms with E-state index in [2.05, 4.69) is 12.1 Å². The highest BCUT2D eigenvalue weighted by molar-refractivity contribution is 6.13. The van der Waals surface area contributed by atoms with Crippen molar-refractivity contribution in [2.75, 3.05) is 0 Å². The second-order valence-electron chi connectivity index (χ2n) is 5.49. The Morgan fingerprint density at radius 3 is 2.94 bits per heavy atom. The largest absolute Gasteiger partial charge is 0.292 e. The SMILES string of the molecule is O=C1[C@H]2CCCC[C@H]2N=C2c3ccccc3CN12. The van der Waals surface area contributed by atoms with Crippen molar-refractivity contribution in [3.05, 3.63) is 35.4 Å². The first-order valence-electron chi connectivity index (χ1n) is 6.82. The predicted octanol–water partition coefficient (Wildman–Crippen LogP) is 2.35. The molecule has 0 unspecified atom stereocenters. The summed E-state index contributed by atoms with van der Waals surface area (Å²) in [6, 6.07) is 8.50. The molecule has 2 atom stereocenters. The number of aliphatic imine (C=N–C) groups is 1. The normalized spacial score (nSPS) is 29.4. The monoisotopic (exact) mass is 240 g/mol. The fourth-order valence-corrected chi connectivity index (χ4v) is 3.50. The van der Waals surface area contributed by atoms with Gasteiger partial charge < -0.3 is 0 Å². The molecule has 1 aromatic carbocycles. The van der Waals surface area contributed by atoms with Crippen molar-refractivity contribution in [2.45, 2.75) is 38.3 Å². The molecule has 18 heavy (non-hydrogen) atoms. The molecule has 0 aromatic heterocycles. The number of fused-ring (bicyclic) bond motifs is 4. The van der Waals surface area contributed by atoms with Gasteiger partial charge in [-0.1, -0.05) is 37.1 Å². The standard InChI is InChI=1S/C15H16N2O/c18-15-12-7-3-4-8-13(12)16-14-11-6-2-1-5-10(11)9-17(14)15/h1-2,5-6,12-13H,3-4,7-9H2/t12-,13+/m0/s1. The summed E-state index contributed by atoms with van der Waals surface area (Å²) in [5.74, 6) is 1.39. The molecule has 3 heteroatoms. The molecular formula is C15H16N2O. The molecule has 1 amide bonds. The number of amidine groups is 1. The maximum absolute atomic E-state index is 12.6. The molecule has 3 nitrogen and oxygen atoms in total. The second kappa shape index (κ2) is 3.67. The van der Waals surface area contributed by atoms with Crippen molar-refractivity contribution >= 4 is 11.7 Å². The molecule has 0 saturated heterocycles. The minimum absolute atomic E-state index is 0.150. The molecule has 0 spiro atoms. The van der Waals surface area contributed by atoms with Gasteiger partial charge in [-0.15, -0.1) is 0 Å². The number of hydrogen-bond donors (Lipinski definition) is 0. The maximum Gasteiger partial charge on any atom is 0.233 e. The third-order valence-electron chi connectivity index (χ3n) is 4.44. The Morgan fingerprint density at radius 1 is 1.17 bits per heavy atom. The zero-order valence-electron chi connectivity index (χ0n) is 10.3. The number of benzene rings is 1. The van der Waals surface area contributed by atoms with Crippen LogP contribution in [-0.2, 0) is 11.3 Å². The molecule has 2 aliphatic heterocycles. The predicted molar refractivity (Wildman–Crippen MR) is 69.3 cm³/mol. The van der Waals surface area contributed by atoms with Crippen LogP contribution < -0.4 is 0 Å². The molecule has 0 bridgehead atoms. The average molecular weight is 240 g/mol. The minimum atomic E-state index is 0.150. The van der Waals surface area contributed by atoms with Gasteiger partial charge in [-0.2, -0.15) is 0 Å². The van der Waals surface area contributed by atoms with E-state index in [9.17, 15) is 4.79 Å². The van der Waals surface area contributed by atoms with E-state index in [-0.39, 0.29) is 12.0 Å². The molecule has 2 heterocycles. The number of amides is 1. The lowest BCUT2D eigenvalue weighted by Gasteiger charge is -2.36. The van der Waals surface area contributed by atoms with E-state index in [4.69, 9.17) is 4.99 Å². The Bertz CT molecular complexity index is 549. The number of nitrogens with zero attached hydrogens (tertiary/aromatic N) is 2. The van der Waals surface area contributed by atoms with Crippen LogP contribution in [-0.4, -0.2) is 22.7 Å². The fourth-order valence-electron chi connectivity index (χ4n) is 3.50. The molecule has 1 aliphatic carbocycles. The molecule has 0 radical (unpaired) electrons. The third-order valence-corrected chi connectivity index (χ3v) is 4.44. The van der Waals surface area contributed by atoms with Crippen LogP contribution in [0.5, 0.6) is 0 Å². The van der Waals surface area contributed by atoms with Crippen LogP contribution in [0, 0.1) is 5.92 Å². The zero-order valence-corrected chi connectivity index (χ0v) is 10.3. The van der Waals surface area contributed by atoms with Gasteiger partial charge in [0.1, 0.15) is 5.84 Å². The van der Waals surface area contributed by atoms with Gasteiger partial charge in [0.15, 0.2) is 0 Å². The summed E-state index contributed by atoms with van der Waals surface area (Å²) in [6.07, 6.45) is 4.49. The third kappa shape index (κ3) is 1.30. The quantitative estimate of drug-likeness (QED) is 0.685. The summed E-state index contributed by atoms with van der Waals surface area (Å²) in [5, 5.41) is 0. The Hall–Kier alpha value is -1.64. The van der Waals surface area contributed by atoms with Gasteiger partial charge in [0.05, 0.1) is 18.5 Å². The first-order chi connectivity index (χ1) is 8.84. The lowest BCUT2D eigenvalue weighted by Crippen LogP contribution is -2.47. The fraction of sp³-hybridized carbons (Fsp3) is 0.467. The van der Waals surface area contributed by atoms with Crippen LogP contribution in [0.3, 0.4) is 0 Å². The highest BCUT2D eigenvalue weighted by Crippen LogP contribution is 2.36. The molecule has 1 aromatic rings. The first kappa shape index (κ1) is 10.3. The van der Waals surface area contributed by atoms with Gasteiger partial charge in [0.2, 0.25) is 5.91 Å². The van der Waals surface area contributed by atoms with Crippen molar-refractivity contribution in [3.8, 4) is 0 Å². The van der Waals surface area contributed by atoms with E-state index in [1.165, 1.54) is 18.4 Å². The van der Waals surface area contributed by atoms with Gasteiger partial charge >= 0.3 is 0 Å². The van der Waals surface area contributed by atoms with Crippen molar-refractivity contribution in [2.24, 2.45) is 10.9 Å². The van der Waals surface area contributed by atoms with Gasteiger partial charge in [-0.3, -0.25) is 14.7 Å². The number of carbonyl (C=O) groups excluding carboxylic acids is 1. The Balaban J connectivity index is 1.81. The number of carbonyl (C=O) groups is 1. The molecule has 4 rings (SSSR count). The molecule has 3 aliphatic rings. The zero-order chi connectivity index (χ0) is 12.1. The van der Waals surface area contributed by atoms with Crippen molar-refractivity contribution < 1.29 is 4.79 Å². The second-order valence-corrected chi connectivity index (χ2v) is 5.49. The van der Waals surface area contributed by atoms with Gasteiger partial charge in [-0.05, 0) is 18.4 Å². The van der Waals surface area contributed by atoms with E-state index < -0.39 is 0 Å². The maximum atomic E-state index is 12.6. The minimum Gasteiger partial charge on any atom is -0.292 e. The Labute approximate surface area is 107 Å². The van der Waals surface area contributed by atoms with Gasteiger partial charge in [-0.25, -0.2) is 0 Å². The number of rotatable bonds is 0. The highest BCUT2D eigenvalue weighted by Gasteiger charge is 2.42. The van der Waals surface area contributed by atoms with E-state index in [0.29, 0.717) is 5.91 Å². The lowest BCUT2D eigenvalue weighted by molar-refractivity contribution is -0.134. The van der Waals surface area contributed by atoms with Crippen molar-refractivity contribution in [1.29, 1.82) is 0 Å². The summed E-state index contributed by atoms with van der Waals surface area (Å²) in [4.78, 5) is 19.3. The van der Waals surface area contributed by atoms with Crippen LogP contribution >= 0.6 is 0 Å². The van der Waals surface area contributed by atoms with E-state index in [1.807, 2.05) is 17.0 Å². The highest BCUT2D eigenvalue weighted by atomic mass is 16.2. The number of hydrogen-bond acceptors (Lipinski definition) is 2. The molecule has 1 saturated carbocycles. The average Bonchev–Trinajstić information content (AvgIpc) is 2.79. The van der Waals surface area contributed by atoms with Crippen LogP contribution in [0.1, 0.15) is 36.8 Å². The lowest BCUT2D eigenvalue weighted by atomic mass is 9.83. The summed E-state index contributed by atoms with van der Waals surface area (Å²) >= 11 is 0. The Morgan fingerprint density at radius 2 is 2.00 bits per heavy atom. The van der Waals surface area contributed by atoms with Gasteiger partial charge in [0, 0.05) is 5.56 Å². The smallest absolute Gasteiger partial charge is 0.233 e. The summed E-state index contributed by atoms with van der Waals surface area (Å²) in [7, 11) is 0. The van der Waals surface area contributed by atoms with Crippen molar-refractivity contribution in [3.63, 3.8) is 0 Å². The van der Waals surface area contributed by atoms with Crippen molar-refractivity contribution in [1.82, 2.24) is 4.90 Å². The van der Waals surface area contributed by atoms with Crippen LogP contribution in [0.4, 0.5) is 0 Å². The molecule has 1 fully saturated rings. The molecule has 92 valence electrons. The van der Waals surface area contributed by atoms with E-state index >= 15 is 0 Å². The Kier molecular flexibility index (Phi) is 2.10. The first-order valence-corrected chi connectivity index (χ1v) is 6.82. The summed E-state index contributed by atoms with van der Waals surface area (Å²) < 4.78 is 0.